The first kappa shape index (κ1) is 29.0. The molecule has 0 unspecified atom stereocenters. The Morgan fingerprint density at radius 1 is 0.750 bits per heavy atom. The van der Waals surface area contributed by atoms with Crippen LogP contribution in [0.25, 0.3) is 0 Å². The van der Waals surface area contributed by atoms with Gasteiger partial charge in [-0.15, -0.1) is 0 Å². The Kier molecular flexibility index (Phi) is 46.5. The number of ether oxygens (including phenoxy) is 4. The van der Waals surface area contributed by atoms with E-state index < -0.39 is 0 Å². The zero-order valence-corrected chi connectivity index (χ0v) is 14.7. The monoisotopic (exact) mass is 332 g/mol. The van der Waals surface area contributed by atoms with Gasteiger partial charge in [0.1, 0.15) is 13.6 Å². The Hall–Kier alpha value is 0.957. The van der Waals surface area contributed by atoms with Gasteiger partial charge in [-0.25, -0.2) is 0 Å². The first-order valence-corrected chi connectivity index (χ1v) is 6.52. The van der Waals surface area contributed by atoms with Crippen LogP contribution in [0.4, 0.5) is 0 Å². The minimum Gasteiger partial charge on any atom is -0.359 e. The molecule has 0 aliphatic carbocycles. The molecule has 0 atom stereocenters. The Morgan fingerprint density at radius 3 is 1.35 bits per heavy atom. The molecule has 0 amide bonds. The van der Waals surface area contributed by atoms with E-state index in [9.17, 15) is 0 Å². The standard InChI is InChI=1S/2C7H15O2.Cu.Li/c2*1-3-4-5-6-9-7-8-2;;/h2*3H,4-7H2,1-2H3;;/q2*-1;+2;. The molecule has 0 saturated carbocycles. The third kappa shape index (κ3) is 36.4. The van der Waals surface area contributed by atoms with E-state index in [2.05, 4.69) is 36.2 Å². The maximum Gasteiger partial charge on any atom is 2.00 e. The van der Waals surface area contributed by atoms with Crippen molar-refractivity contribution < 1.29 is 36.0 Å². The third-order valence-electron chi connectivity index (χ3n) is 1.97. The van der Waals surface area contributed by atoms with Crippen molar-refractivity contribution in [2.45, 2.75) is 39.5 Å². The van der Waals surface area contributed by atoms with E-state index in [1.165, 1.54) is 0 Å². The Bertz CT molecular complexity index is 106. The molecular weight excluding hydrogens is 303 g/mol. The summed E-state index contributed by atoms with van der Waals surface area (Å²) in [7, 11) is 3.26. The average molecular weight is 333 g/mol. The summed E-state index contributed by atoms with van der Waals surface area (Å²) in [5, 5.41) is 0. The van der Waals surface area contributed by atoms with Gasteiger partial charge in [-0.3, -0.25) is 0 Å². The van der Waals surface area contributed by atoms with Gasteiger partial charge in [-0.2, -0.15) is 26.7 Å². The Balaban J connectivity index is -0.000000116. The van der Waals surface area contributed by atoms with E-state index in [1.54, 1.807) is 14.2 Å². The van der Waals surface area contributed by atoms with Crippen LogP contribution in [-0.2, 0) is 36.0 Å². The van der Waals surface area contributed by atoms with Gasteiger partial charge in [0.2, 0.25) is 0 Å². The molecule has 2 radical (unpaired) electrons. The molecule has 0 spiro atoms. The maximum absolute atomic E-state index is 5.04. The number of hydrogen-bond acceptors (Lipinski definition) is 4. The van der Waals surface area contributed by atoms with Gasteiger partial charge in [0, 0.05) is 46.3 Å². The molecular formula is C14H30CuLiO4. The molecule has 0 fully saturated rings. The molecule has 0 aliphatic heterocycles. The van der Waals surface area contributed by atoms with Gasteiger partial charge in [0.15, 0.2) is 0 Å². The zero-order chi connectivity index (χ0) is 13.9. The van der Waals surface area contributed by atoms with E-state index in [1.807, 2.05) is 0 Å². The van der Waals surface area contributed by atoms with E-state index in [0.29, 0.717) is 13.6 Å². The molecule has 4 nitrogen and oxygen atoms in total. The summed E-state index contributed by atoms with van der Waals surface area (Å²) in [4.78, 5) is 0. The van der Waals surface area contributed by atoms with Gasteiger partial charge in [0.25, 0.3) is 0 Å². The van der Waals surface area contributed by atoms with Crippen LogP contribution in [0.2, 0.25) is 0 Å². The topological polar surface area (TPSA) is 36.9 Å². The minimum absolute atomic E-state index is 0. The molecule has 0 bridgehead atoms. The fraction of sp³-hybridized carbons (Fsp3) is 0.857. The average Bonchev–Trinajstić information content (AvgIpc) is 2.39. The van der Waals surface area contributed by atoms with Crippen molar-refractivity contribution in [3.63, 3.8) is 0 Å². The number of unbranched alkanes of at least 4 members (excludes halogenated alkanes) is 4. The zero-order valence-electron chi connectivity index (χ0n) is 13.7. The SMILES string of the molecule is C[CH-]CCCOCOC.C[CH-]CCCOCOC.[Cu+2].[Li]. The quantitative estimate of drug-likeness (QED) is 0.238. The van der Waals surface area contributed by atoms with E-state index in [0.717, 1.165) is 38.9 Å². The van der Waals surface area contributed by atoms with Crippen molar-refractivity contribution in [3.8, 4) is 0 Å². The number of rotatable bonds is 12. The van der Waals surface area contributed by atoms with E-state index in [4.69, 9.17) is 9.47 Å². The molecule has 0 aliphatic rings. The number of hydrogen-bond donors (Lipinski definition) is 0. The van der Waals surface area contributed by atoms with Crippen LogP contribution in [0.1, 0.15) is 39.5 Å². The summed E-state index contributed by atoms with van der Waals surface area (Å²) in [5.41, 5.74) is 0. The molecule has 6 heteroatoms. The molecule has 0 saturated heterocycles. The Morgan fingerprint density at radius 2 is 1.10 bits per heavy atom. The molecule has 0 aromatic carbocycles. The van der Waals surface area contributed by atoms with Crippen LogP contribution >= 0.6 is 0 Å². The predicted octanol–water partition coefficient (Wildman–Crippen LogP) is 2.84. The van der Waals surface area contributed by atoms with Gasteiger partial charge in [-0.1, -0.05) is 12.8 Å². The predicted molar refractivity (Wildman–Crippen MR) is 79.8 cm³/mol. The van der Waals surface area contributed by atoms with Crippen LogP contribution in [0.3, 0.4) is 0 Å². The fourth-order valence-electron chi connectivity index (χ4n) is 1.06. The van der Waals surface area contributed by atoms with Crippen LogP contribution in [-0.4, -0.2) is 59.9 Å². The van der Waals surface area contributed by atoms with Gasteiger partial charge >= 0.3 is 17.1 Å². The normalized spacial score (nSPS) is 9.00. The molecule has 0 N–H and O–H groups in total. The molecule has 0 heterocycles. The van der Waals surface area contributed by atoms with Crippen LogP contribution in [0.15, 0.2) is 0 Å². The van der Waals surface area contributed by atoms with Crippen molar-refractivity contribution in [3.05, 3.63) is 12.8 Å². The summed E-state index contributed by atoms with van der Waals surface area (Å²) in [5.74, 6) is 0. The molecule has 0 aromatic heterocycles. The van der Waals surface area contributed by atoms with Gasteiger partial charge < -0.3 is 31.8 Å². The van der Waals surface area contributed by atoms with E-state index >= 15 is 0 Å². The molecule has 0 aromatic rings. The van der Waals surface area contributed by atoms with Crippen molar-refractivity contribution in [1.82, 2.24) is 0 Å². The summed E-state index contributed by atoms with van der Waals surface area (Å²) in [6.45, 7) is 6.55. The van der Waals surface area contributed by atoms with Crippen LogP contribution in [0, 0.1) is 12.8 Å². The maximum atomic E-state index is 5.04. The first-order chi connectivity index (χ1) is 8.83. The summed E-state index contributed by atoms with van der Waals surface area (Å²) in [6, 6.07) is 0. The van der Waals surface area contributed by atoms with Crippen molar-refractivity contribution in [1.29, 1.82) is 0 Å². The summed E-state index contributed by atoms with van der Waals surface area (Å²) < 4.78 is 19.5. The van der Waals surface area contributed by atoms with E-state index in [-0.39, 0.29) is 35.9 Å². The minimum atomic E-state index is 0. The van der Waals surface area contributed by atoms with Gasteiger partial charge in [0.05, 0.1) is 0 Å². The largest absolute Gasteiger partial charge is 2.00 e. The summed E-state index contributed by atoms with van der Waals surface area (Å²) >= 11 is 0. The second kappa shape index (κ2) is 32.1. The first-order valence-electron chi connectivity index (χ1n) is 6.52. The van der Waals surface area contributed by atoms with Crippen LogP contribution in [0.5, 0.6) is 0 Å². The second-order valence-electron chi connectivity index (χ2n) is 3.73. The summed E-state index contributed by atoms with van der Waals surface area (Å²) in [6.07, 6.45) is 8.72. The van der Waals surface area contributed by atoms with Crippen molar-refractivity contribution in [2.75, 3.05) is 41.0 Å². The van der Waals surface area contributed by atoms with Gasteiger partial charge in [-0.05, 0) is 0 Å². The van der Waals surface area contributed by atoms with Crippen molar-refractivity contribution >= 4 is 18.9 Å². The third-order valence-corrected chi connectivity index (χ3v) is 1.97. The van der Waals surface area contributed by atoms with Crippen LogP contribution < -0.4 is 0 Å². The smallest absolute Gasteiger partial charge is 0.359 e. The second-order valence-corrected chi connectivity index (χ2v) is 3.73. The van der Waals surface area contributed by atoms with Crippen molar-refractivity contribution in [2.24, 2.45) is 0 Å². The molecule has 0 rings (SSSR count). The number of methoxy groups -OCH3 is 2. The Labute approximate surface area is 148 Å². The molecule has 20 heavy (non-hydrogen) atoms. The fourth-order valence-corrected chi connectivity index (χ4v) is 1.06. The molecule has 122 valence electrons.